The molecular formula is C20H23N5. The van der Waals surface area contributed by atoms with Crippen LogP contribution in [0, 0.1) is 6.92 Å². The van der Waals surface area contributed by atoms with Crippen molar-refractivity contribution < 1.29 is 0 Å². The molecule has 2 aromatic carbocycles. The summed E-state index contributed by atoms with van der Waals surface area (Å²) >= 11 is 0. The lowest BCUT2D eigenvalue weighted by atomic mass is 9.92. The standard InChI is InChI=1S/C20H23N5/c1-3-14-7-9-15(10-8-14)17-12-18(16-6-4-5-13(2)11-16)25-20(22-17)23-19(21)24-25/h4-11,17-18H,3,12H2,1-2H3,(H3,21,22,23,24)/t17-,18+/m0/s1. The smallest absolute Gasteiger partial charge is 0.241 e. The molecule has 0 radical (unpaired) electrons. The number of hydrogen-bond acceptors (Lipinski definition) is 4. The molecule has 1 aliphatic rings. The Morgan fingerprint density at radius 3 is 2.68 bits per heavy atom. The van der Waals surface area contributed by atoms with Gasteiger partial charge >= 0.3 is 0 Å². The predicted octanol–water partition coefficient (Wildman–Crippen LogP) is 3.88. The van der Waals surface area contributed by atoms with Crippen LogP contribution in [-0.2, 0) is 6.42 Å². The van der Waals surface area contributed by atoms with E-state index in [0.29, 0.717) is 5.95 Å². The maximum atomic E-state index is 5.87. The van der Waals surface area contributed by atoms with E-state index in [0.717, 1.165) is 18.8 Å². The van der Waals surface area contributed by atoms with Crippen LogP contribution >= 0.6 is 0 Å². The number of aromatic nitrogens is 3. The maximum absolute atomic E-state index is 5.87. The molecule has 3 N–H and O–H groups in total. The van der Waals surface area contributed by atoms with Gasteiger partial charge in [-0.15, -0.1) is 5.10 Å². The first kappa shape index (κ1) is 15.7. The second-order valence-electron chi connectivity index (χ2n) is 6.70. The van der Waals surface area contributed by atoms with Crippen LogP contribution in [-0.4, -0.2) is 14.8 Å². The van der Waals surface area contributed by atoms with Crippen molar-refractivity contribution in [3.8, 4) is 0 Å². The molecule has 1 aromatic heterocycles. The lowest BCUT2D eigenvalue weighted by Crippen LogP contribution is -2.28. The molecule has 25 heavy (non-hydrogen) atoms. The Hall–Kier alpha value is -2.82. The van der Waals surface area contributed by atoms with Gasteiger partial charge in [0.05, 0.1) is 12.1 Å². The van der Waals surface area contributed by atoms with Crippen molar-refractivity contribution in [2.45, 2.75) is 38.8 Å². The number of nitrogen functional groups attached to an aromatic ring is 1. The van der Waals surface area contributed by atoms with E-state index in [-0.39, 0.29) is 12.1 Å². The van der Waals surface area contributed by atoms with Crippen LogP contribution in [0.3, 0.4) is 0 Å². The van der Waals surface area contributed by atoms with Gasteiger partial charge in [-0.1, -0.05) is 61.0 Å². The van der Waals surface area contributed by atoms with E-state index in [1.54, 1.807) is 0 Å². The molecule has 4 rings (SSSR count). The van der Waals surface area contributed by atoms with Crippen molar-refractivity contribution >= 4 is 11.9 Å². The fraction of sp³-hybridized carbons (Fsp3) is 0.300. The molecule has 5 heteroatoms. The number of nitrogens with zero attached hydrogens (tertiary/aromatic N) is 3. The molecule has 3 aromatic rings. The molecule has 0 fully saturated rings. The van der Waals surface area contributed by atoms with Crippen molar-refractivity contribution in [2.24, 2.45) is 0 Å². The normalized spacial score (nSPS) is 19.3. The van der Waals surface area contributed by atoms with Gasteiger partial charge in [0.25, 0.3) is 0 Å². The number of benzene rings is 2. The number of anilines is 2. The maximum Gasteiger partial charge on any atom is 0.241 e. The zero-order chi connectivity index (χ0) is 17.4. The Morgan fingerprint density at radius 1 is 1.16 bits per heavy atom. The second-order valence-corrected chi connectivity index (χ2v) is 6.70. The quantitative estimate of drug-likeness (QED) is 0.763. The molecule has 0 saturated heterocycles. The van der Waals surface area contributed by atoms with Crippen LogP contribution in [0.25, 0.3) is 0 Å². The van der Waals surface area contributed by atoms with E-state index >= 15 is 0 Å². The highest BCUT2D eigenvalue weighted by Gasteiger charge is 2.30. The van der Waals surface area contributed by atoms with E-state index < -0.39 is 0 Å². The van der Waals surface area contributed by atoms with Crippen LogP contribution < -0.4 is 11.1 Å². The SMILES string of the molecule is CCc1ccc([C@@H]2C[C@H](c3cccc(C)c3)n3nc(N)nc3N2)cc1. The number of hydrogen-bond donors (Lipinski definition) is 2. The fourth-order valence-electron chi connectivity index (χ4n) is 3.55. The fourth-order valence-corrected chi connectivity index (χ4v) is 3.55. The molecule has 0 bridgehead atoms. The monoisotopic (exact) mass is 333 g/mol. The summed E-state index contributed by atoms with van der Waals surface area (Å²) in [5.41, 5.74) is 11.0. The van der Waals surface area contributed by atoms with Gasteiger partial charge in [0.15, 0.2) is 0 Å². The average Bonchev–Trinajstić information content (AvgIpc) is 3.01. The molecule has 0 spiro atoms. The first-order valence-corrected chi connectivity index (χ1v) is 8.78. The topological polar surface area (TPSA) is 68.8 Å². The lowest BCUT2D eigenvalue weighted by molar-refractivity contribution is 0.431. The molecular weight excluding hydrogens is 310 g/mol. The summed E-state index contributed by atoms with van der Waals surface area (Å²) in [5, 5.41) is 7.91. The van der Waals surface area contributed by atoms with E-state index in [1.165, 1.54) is 22.3 Å². The van der Waals surface area contributed by atoms with E-state index in [2.05, 4.69) is 77.8 Å². The van der Waals surface area contributed by atoms with Crippen molar-refractivity contribution in [2.75, 3.05) is 11.1 Å². The van der Waals surface area contributed by atoms with Gasteiger partial charge < -0.3 is 11.1 Å². The van der Waals surface area contributed by atoms with Gasteiger partial charge in [0, 0.05) is 0 Å². The van der Waals surface area contributed by atoms with Crippen LogP contribution in [0.5, 0.6) is 0 Å². The summed E-state index contributed by atoms with van der Waals surface area (Å²) in [6.07, 6.45) is 1.96. The Labute approximate surface area is 147 Å². The molecule has 2 heterocycles. The third-order valence-electron chi connectivity index (χ3n) is 4.92. The minimum absolute atomic E-state index is 0.122. The van der Waals surface area contributed by atoms with Crippen LogP contribution in [0.4, 0.5) is 11.9 Å². The highest BCUT2D eigenvalue weighted by atomic mass is 15.4. The van der Waals surface area contributed by atoms with Crippen molar-refractivity contribution in [1.29, 1.82) is 0 Å². The summed E-state index contributed by atoms with van der Waals surface area (Å²) in [5.74, 6) is 1.04. The number of aryl methyl sites for hydroxylation is 2. The van der Waals surface area contributed by atoms with Crippen molar-refractivity contribution in [1.82, 2.24) is 14.8 Å². The Balaban J connectivity index is 1.73. The molecule has 0 aliphatic carbocycles. The van der Waals surface area contributed by atoms with Gasteiger partial charge in [-0.05, 0) is 36.5 Å². The predicted molar refractivity (Wildman–Crippen MR) is 101 cm³/mol. The van der Waals surface area contributed by atoms with Crippen LogP contribution in [0.2, 0.25) is 0 Å². The van der Waals surface area contributed by atoms with E-state index in [9.17, 15) is 0 Å². The molecule has 0 unspecified atom stereocenters. The summed E-state index contributed by atoms with van der Waals surface area (Å²) in [4.78, 5) is 4.38. The molecule has 5 nitrogen and oxygen atoms in total. The zero-order valence-electron chi connectivity index (χ0n) is 14.6. The Kier molecular flexibility index (Phi) is 3.92. The second kappa shape index (κ2) is 6.24. The third-order valence-corrected chi connectivity index (χ3v) is 4.92. The van der Waals surface area contributed by atoms with Gasteiger partial charge in [-0.3, -0.25) is 0 Å². The highest BCUT2D eigenvalue weighted by Crippen LogP contribution is 2.38. The summed E-state index contributed by atoms with van der Waals surface area (Å²) in [7, 11) is 0. The number of fused-ring (bicyclic) bond motifs is 1. The van der Waals surface area contributed by atoms with Crippen molar-refractivity contribution in [3.05, 3.63) is 70.8 Å². The summed E-state index contributed by atoms with van der Waals surface area (Å²) in [6, 6.07) is 17.7. The Morgan fingerprint density at radius 2 is 1.96 bits per heavy atom. The molecule has 0 saturated carbocycles. The van der Waals surface area contributed by atoms with Crippen LogP contribution in [0.1, 0.15) is 47.7 Å². The van der Waals surface area contributed by atoms with Gasteiger partial charge in [0.2, 0.25) is 11.9 Å². The third kappa shape index (κ3) is 2.97. The minimum atomic E-state index is 0.122. The molecule has 128 valence electrons. The summed E-state index contributed by atoms with van der Waals surface area (Å²) < 4.78 is 1.92. The first-order valence-electron chi connectivity index (χ1n) is 8.78. The van der Waals surface area contributed by atoms with E-state index in [4.69, 9.17) is 5.73 Å². The van der Waals surface area contributed by atoms with Gasteiger partial charge in [-0.25, -0.2) is 4.68 Å². The number of nitrogens with two attached hydrogens (primary N) is 1. The molecule has 2 atom stereocenters. The largest absolute Gasteiger partial charge is 0.366 e. The first-order chi connectivity index (χ1) is 12.1. The lowest BCUT2D eigenvalue weighted by Gasteiger charge is -2.32. The number of nitrogens with one attached hydrogen (secondary N) is 1. The molecule has 0 amide bonds. The molecule has 1 aliphatic heterocycles. The zero-order valence-corrected chi connectivity index (χ0v) is 14.6. The van der Waals surface area contributed by atoms with E-state index in [1.807, 2.05) is 4.68 Å². The van der Waals surface area contributed by atoms with Gasteiger partial charge in [0.1, 0.15) is 0 Å². The Bertz CT molecular complexity index is 881. The highest BCUT2D eigenvalue weighted by molar-refractivity contribution is 5.42. The average molecular weight is 333 g/mol. The van der Waals surface area contributed by atoms with Crippen LogP contribution in [0.15, 0.2) is 48.5 Å². The summed E-state index contributed by atoms with van der Waals surface area (Å²) in [6.45, 7) is 4.29. The van der Waals surface area contributed by atoms with Gasteiger partial charge in [-0.2, -0.15) is 4.98 Å². The number of rotatable bonds is 3. The minimum Gasteiger partial charge on any atom is -0.366 e. The van der Waals surface area contributed by atoms with Crippen molar-refractivity contribution in [3.63, 3.8) is 0 Å².